The zero-order valence-corrected chi connectivity index (χ0v) is 11.1. The van der Waals surface area contributed by atoms with E-state index in [9.17, 15) is 14.4 Å². The molecule has 108 valence electrons. The number of carbonyl (C=O) groups excluding carboxylic acids is 2. The summed E-state index contributed by atoms with van der Waals surface area (Å²) in [6.45, 7) is 3.81. The zero-order chi connectivity index (χ0) is 14.3. The van der Waals surface area contributed by atoms with Gasteiger partial charge in [0.2, 0.25) is 5.91 Å². The molecule has 0 atom stereocenters. The van der Waals surface area contributed by atoms with Gasteiger partial charge in [-0.2, -0.15) is 0 Å². The standard InChI is InChI=1S/C12H21N3O4/c1-2-13-12(19)14-10(16)8-15-5-3-9(4-6-15)7-11(17)18/h9H,2-8H2,1H3,(H,17,18)(H2,13,14,16,19). The summed E-state index contributed by atoms with van der Waals surface area (Å²) in [5, 5.41) is 13.4. The lowest BCUT2D eigenvalue weighted by Gasteiger charge is -2.30. The molecule has 0 saturated carbocycles. The molecule has 1 fully saturated rings. The van der Waals surface area contributed by atoms with Gasteiger partial charge in [0.25, 0.3) is 0 Å². The number of hydrogen-bond acceptors (Lipinski definition) is 4. The molecule has 0 aromatic carbocycles. The van der Waals surface area contributed by atoms with E-state index in [1.165, 1.54) is 0 Å². The van der Waals surface area contributed by atoms with E-state index in [1.54, 1.807) is 6.92 Å². The first-order chi connectivity index (χ1) is 9.01. The van der Waals surface area contributed by atoms with E-state index in [0.717, 1.165) is 12.8 Å². The van der Waals surface area contributed by atoms with Crippen molar-refractivity contribution in [3.05, 3.63) is 0 Å². The summed E-state index contributed by atoms with van der Waals surface area (Å²) in [5.74, 6) is -0.907. The normalized spacial score (nSPS) is 16.9. The largest absolute Gasteiger partial charge is 0.481 e. The van der Waals surface area contributed by atoms with Crippen LogP contribution in [0.1, 0.15) is 26.2 Å². The molecule has 1 heterocycles. The molecule has 0 aromatic heterocycles. The van der Waals surface area contributed by atoms with Crippen molar-refractivity contribution < 1.29 is 19.5 Å². The molecule has 1 aliphatic rings. The van der Waals surface area contributed by atoms with Gasteiger partial charge in [0.05, 0.1) is 6.54 Å². The quantitative estimate of drug-likeness (QED) is 0.654. The maximum atomic E-state index is 11.5. The highest BCUT2D eigenvalue weighted by molar-refractivity contribution is 5.95. The Hall–Kier alpha value is -1.63. The Kier molecular flexibility index (Phi) is 6.27. The average molecular weight is 271 g/mol. The molecule has 7 heteroatoms. The predicted octanol–water partition coefficient (Wildman–Crippen LogP) is 0.0188. The van der Waals surface area contributed by atoms with Gasteiger partial charge in [-0.25, -0.2) is 4.79 Å². The maximum absolute atomic E-state index is 11.5. The van der Waals surface area contributed by atoms with Crippen LogP contribution in [0, 0.1) is 5.92 Å². The summed E-state index contributed by atoms with van der Waals surface area (Å²) < 4.78 is 0. The second-order valence-corrected chi connectivity index (χ2v) is 4.73. The second kappa shape index (κ2) is 7.73. The molecule has 0 aliphatic carbocycles. The third-order valence-corrected chi connectivity index (χ3v) is 3.13. The fourth-order valence-electron chi connectivity index (χ4n) is 2.17. The number of rotatable bonds is 5. The Bertz CT molecular complexity index is 338. The SMILES string of the molecule is CCNC(=O)NC(=O)CN1CCC(CC(=O)O)CC1. The fourth-order valence-corrected chi connectivity index (χ4v) is 2.17. The molecular formula is C12H21N3O4. The van der Waals surface area contributed by atoms with Gasteiger partial charge in [0, 0.05) is 13.0 Å². The minimum absolute atomic E-state index is 0.178. The van der Waals surface area contributed by atoms with E-state index < -0.39 is 12.0 Å². The summed E-state index contributed by atoms with van der Waals surface area (Å²) >= 11 is 0. The van der Waals surface area contributed by atoms with Crippen LogP contribution >= 0.6 is 0 Å². The van der Waals surface area contributed by atoms with E-state index in [4.69, 9.17) is 5.11 Å². The van der Waals surface area contributed by atoms with Crippen LogP contribution < -0.4 is 10.6 Å². The minimum atomic E-state index is -0.771. The number of urea groups is 1. The van der Waals surface area contributed by atoms with E-state index in [1.807, 2.05) is 4.90 Å². The Morgan fingerprint density at radius 2 is 1.89 bits per heavy atom. The van der Waals surface area contributed by atoms with Gasteiger partial charge in [0.15, 0.2) is 0 Å². The average Bonchev–Trinajstić information content (AvgIpc) is 2.31. The van der Waals surface area contributed by atoms with Crippen molar-refractivity contribution in [1.29, 1.82) is 0 Å². The first-order valence-corrected chi connectivity index (χ1v) is 6.53. The van der Waals surface area contributed by atoms with Gasteiger partial charge in [-0.15, -0.1) is 0 Å². The first-order valence-electron chi connectivity index (χ1n) is 6.53. The Labute approximate surface area is 112 Å². The minimum Gasteiger partial charge on any atom is -0.481 e. The van der Waals surface area contributed by atoms with Crippen LogP contribution in [-0.4, -0.2) is 54.1 Å². The van der Waals surface area contributed by atoms with Gasteiger partial charge in [0.1, 0.15) is 0 Å². The van der Waals surface area contributed by atoms with Crippen LogP contribution in [-0.2, 0) is 9.59 Å². The Morgan fingerprint density at radius 1 is 1.26 bits per heavy atom. The van der Waals surface area contributed by atoms with Crippen LogP contribution in [0.15, 0.2) is 0 Å². The third kappa shape index (κ3) is 6.19. The summed E-state index contributed by atoms with van der Waals surface area (Å²) in [4.78, 5) is 35.2. The molecule has 1 aliphatic heterocycles. The summed E-state index contributed by atoms with van der Waals surface area (Å²) in [5.41, 5.74) is 0. The third-order valence-electron chi connectivity index (χ3n) is 3.13. The molecule has 1 rings (SSSR count). The summed E-state index contributed by atoms with van der Waals surface area (Å²) in [6, 6.07) is -0.478. The zero-order valence-electron chi connectivity index (χ0n) is 11.1. The van der Waals surface area contributed by atoms with E-state index >= 15 is 0 Å². The van der Waals surface area contributed by atoms with Crippen LogP contribution in [0.5, 0.6) is 0 Å². The lowest BCUT2D eigenvalue weighted by molar-refractivity contribution is -0.138. The monoisotopic (exact) mass is 271 g/mol. The van der Waals surface area contributed by atoms with Crippen molar-refractivity contribution in [2.45, 2.75) is 26.2 Å². The number of carboxylic acid groups (broad SMARTS) is 1. The van der Waals surface area contributed by atoms with Crippen LogP contribution in [0.2, 0.25) is 0 Å². The lowest BCUT2D eigenvalue weighted by Crippen LogP contribution is -2.46. The fraction of sp³-hybridized carbons (Fsp3) is 0.750. The smallest absolute Gasteiger partial charge is 0.321 e. The molecule has 0 bridgehead atoms. The van der Waals surface area contributed by atoms with Crippen molar-refractivity contribution in [2.24, 2.45) is 5.92 Å². The van der Waals surface area contributed by atoms with Crippen molar-refractivity contribution >= 4 is 17.9 Å². The van der Waals surface area contributed by atoms with Crippen molar-refractivity contribution in [3.8, 4) is 0 Å². The Balaban J connectivity index is 2.23. The summed E-state index contributed by atoms with van der Waals surface area (Å²) in [6.07, 6.45) is 1.75. The van der Waals surface area contributed by atoms with Crippen LogP contribution in [0.4, 0.5) is 4.79 Å². The van der Waals surface area contributed by atoms with Gasteiger partial charge >= 0.3 is 12.0 Å². The molecule has 0 aromatic rings. The number of carbonyl (C=O) groups is 3. The summed E-state index contributed by atoms with van der Waals surface area (Å²) in [7, 11) is 0. The highest BCUT2D eigenvalue weighted by Crippen LogP contribution is 2.19. The second-order valence-electron chi connectivity index (χ2n) is 4.73. The highest BCUT2D eigenvalue weighted by Gasteiger charge is 2.22. The van der Waals surface area contributed by atoms with E-state index in [0.29, 0.717) is 19.6 Å². The number of nitrogens with zero attached hydrogens (tertiary/aromatic N) is 1. The number of imide groups is 1. The van der Waals surface area contributed by atoms with Crippen LogP contribution in [0.3, 0.4) is 0 Å². The number of amides is 3. The Morgan fingerprint density at radius 3 is 2.42 bits per heavy atom. The van der Waals surface area contributed by atoms with Gasteiger partial charge in [-0.1, -0.05) is 0 Å². The molecule has 0 spiro atoms. The van der Waals surface area contributed by atoms with E-state index in [2.05, 4.69) is 10.6 Å². The molecule has 19 heavy (non-hydrogen) atoms. The van der Waals surface area contributed by atoms with Gasteiger partial charge in [-0.05, 0) is 38.8 Å². The molecule has 0 radical (unpaired) electrons. The lowest BCUT2D eigenvalue weighted by atomic mass is 9.94. The van der Waals surface area contributed by atoms with E-state index in [-0.39, 0.29) is 24.8 Å². The van der Waals surface area contributed by atoms with Gasteiger partial charge < -0.3 is 10.4 Å². The first kappa shape index (κ1) is 15.4. The number of likely N-dealkylation sites (tertiary alicyclic amines) is 1. The van der Waals surface area contributed by atoms with Gasteiger partial charge in [-0.3, -0.25) is 19.8 Å². The number of aliphatic carboxylic acids is 1. The van der Waals surface area contributed by atoms with Crippen molar-refractivity contribution in [3.63, 3.8) is 0 Å². The number of hydrogen-bond donors (Lipinski definition) is 3. The topological polar surface area (TPSA) is 98.7 Å². The molecule has 7 nitrogen and oxygen atoms in total. The predicted molar refractivity (Wildman–Crippen MR) is 68.6 cm³/mol. The number of piperidine rings is 1. The molecular weight excluding hydrogens is 250 g/mol. The molecule has 1 saturated heterocycles. The number of carboxylic acids is 1. The molecule has 0 unspecified atom stereocenters. The maximum Gasteiger partial charge on any atom is 0.321 e. The molecule has 3 N–H and O–H groups in total. The van der Waals surface area contributed by atoms with Crippen molar-refractivity contribution in [2.75, 3.05) is 26.2 Å². The highest BCUT2D eigenvalue weighted by atomic mass is 16.4. The van der Waals surface area contributed by atoms with Crippen LogP contribution in [0.25, 0.3) is 0 Å². The number of nitrogens with one attached hydrogen (secondary N) is 2. The molecule has 3 amide bonds. The van der Waals surface area contributed by atoms with Crippen molar-refractivity contribution in [1.82, 2.24) is 15.5 Å².